The van der Waals surface area contributed by atoms with E-state index in [1.807, 2.05) is 0 Å². The predicted octanol–water partition coefficient (Wildman–Crippen LogP) is 2.15. The lowest BCUT2D eigenvalue weighted by Gasteiger charge is -2.09. The number of benzene rings is 1. The summed E-state index contributed by atoms with van der Waals surface area (Å²) < 4.78 is 36.0. The van der Waals surface area contributed by atoms with Gasteiger partial charge in [-0.3, -0.25) is 0 Å². The Hall–Kier alpha value is -1.83. The van der Waals surface area contributed by atoms with E-state index in [-0.39, 0.29) is 24.1 Å². The number of hydrogen-bond acceptors (Lipinski definition) is 5. The molecule has 2 aromatic rings. The van der Waals surface area contributed by atoms with Gasteiger partial charge in [0.15, 0.2) is 0 Å². The first-order chi connectivity index (χ1) is 9.63. The molecule has 2 rings (SSSR count). The quantitative estimate of drug-likeness (QED) is 0.849. The van der Waals surface area contributed by atoms with Gasteiger partial charge in [-0.2, -0.15) is 0 Å². The van der Waals surface area contributed by atoms with Gasteiger partial charge >= 0.3 is 5.76 Å². The Morgan fingerprint density at radius 3 is 2.80 bits per heavy atom. The van der Waals surface area contributed by atoms with Crippen molar-refractivity contribution < 1.29 is 17.9 Å². The average Bonchev–Trinajstić information content (AvgIpc) is 2.84. The van der Waals surface area contributed by atoms with E-state index in [4.69, 9.17) is 4.74 Å². The molecule has 0 fully saturated rings. The number of aromatic amines is 1. The van der Waals surface area contributed by atoms with Gasteiger partial charge in [-0.1, -0.05) is 0 Å². The molecule has 0 aliphatic carbocycles. The first-order valence-corrected chi connectivity index (χ1v) is 6.93. The Bertz CT molecular complexity index is 585. The topological polar surface area (TPSA) is 68.1 Å². The van der Waals surface area contributed by atoms with Gasteiger partial charge in [0.2, 0.25) is 5.89 Å². The summed E-state index contributed by atoms with van der Waals surface area (Å²) in [4.78, 5) is 10.7. The number of halogens is 2. The number of hydrogen-bond donors (Lipinski definition) is 1. The maximum absolute atomic E-state index is 13.5. The van der Waals surface area contributed by atoms with Gasteiger partial charge in [0.1, 0.15) is 24.3 Å². The summed E-state index contributed by atoms with van der Waals surface area (Å²) in [6, 6.07) is 5.37. The molecule has 1 aromatic heterocycles. The van der Waals surface area contributed by atoms with E-state index in [1.165, 1.54) is 36.0 Å². The molecule has 0 amide bonds. The van der Waals surface area contributed by atoms with Crippen LogP contribution in [-0.2, 0) is 5.75 Å². The fraction of sp³-hybridized carbons (Fsp3) is 0.333. The van der Waals surface area contributed by atoms with Gasteiger partial charge in [-0.25, -0.2) is 18.7 Å². The van der Waals surface area contributed by atoms with Crippen LogP contribution < -0.4 is 10.5 Å². The Labute approximate surface area is 117 Å². The maximum atomic E-state index is 13.5. The summed E-state index contributed by atoms with van der Waals surface area (Å²) in [7, 11) is 0. The largest absolute Gasteiger partial charge is 0.491 e. The Kier molecular flexibility index (Phi) is 5.16. The van der Waals surface area contributed by atoms with Crippen molar-refractivity contribution in [2.45, 2.75) is 11.9 Å². The minimum absolute atomic E-state index is 0.122. The van der Waals surface area contributed by atoms with Crippen molar-refractivity contribution in [3.63, 3.8) is 0 Å². The lowest BCUT2D eigenvalue weighted by Crippen LogP contribution is -2.15. The van der Waals surface area contributed by atoms with Gasteiger partial charge in [0, 0.05) is 5.75 Å². The molecule has 0 bridgehead atoms. The normalized spacial score (nSPS) is 12.3. The van der Waals surface area contributed by atoms with Crippen LogP contribution >= 0.6 is 11.8 Å². The minimum atomic E-state index is -1.18. The van der Waals surface area contributed by atoms with Crippen LogP contribution in [0.15, 0.2) is 33.5 Å². The molecule has 1 heterocycles. The first kappa shape index (κ1) is 14.6. The number of aromatic nitrogens is 2. The molecule has 108 valence electrons. The summed E-state index contributed by atoms with van der Waals surface area (Å²) >= 11 is 1.24. The second kappa shape index (κ2) is 7.09. The van der Waals surface area contributed by atoms with Crippen LogP contribution in [0.25, 0.3) is 0 Å². The molecule has 5 nitrogen and oxygen atoms in total. The zero-order valence-corrected chi connectivity index (χ0v) is 11.2. The van der Waals surface area contributed by atoms with E-state index < -0.39 is 11.9 Å². The van der Waals surface area contributed by atoms with Crippen molar-refractivity contribution in [3.8, 4) is 5.75 Å². The first-order valence-electron chi connectivity index (χ1n) is 5.78. The molecule has 0 aliphatic heterocycles. The monoisotopic (exact) mass is 302 g/mol. The second-order valence-corrected chi connectivity index (χ2v) is 4.91. The highest BCUT2D eigenvalue weighted by Gasteiger charge is 2.09. The van der Waals surface area contributed by atoms with Crippen molar-refractivity contribution in [2.24, 2.45) is 0 Å². The lowest BCUT2D eigenvalue weighted by molar-refractivity contribution is 0.213. The molecule has 0 aliphatic rings. The van der Waals surface area contributed by atoms with E-state index in [9.17, 15) is 13.6 Å². The van der Waals surface area contributed by atoms with Crippen LogP contribution in [0, 0.1) is 5.82 Å². The summed E-state index contributed by atoms with van der Waals surface area (Å²) in [5.41, 5.74) is 0. The average molecular weight is 302 g/mol. The van der Waals surface area contributed by atoms with E-state index in [2.05, 4.69) is 14.6 Å². The molecule has 1 unspecified atom stereocenters. The number of nitrogens with zero attached hydrogens (tertiary/aromatic N) is 1. The molecule has 0 spiro atoms. The number of alkyl halides is 1. The van der Waals surface area contributed by atoms with Crippen molar-refractivity contribution in [3.05, 3.63) is 46.5 Å². The molecule has 1 atom stereocenters. The maximum Gasteiger partial charge on any atom is 0.434 e. The molecule has 0 radical (unpaired) electrons. The van der Waals surface area contributed by atoms with Crippen molar-refractivity contribution in [1.29, 1.82) is 0 Å². The minimum Gasteiger partial charge on any atom is -0.491 e. The van der Waals surface area contributed by atoms with E-state index >= 15 is 0 Å². The van der Waals surface area contributed by atoms with Crippen molar-refractivity contribution >= 4 is 11.8 Å². The molecule has 20 heavy (non-hydrogen) atoms. The highest BCUT2D eigenvalue weighted by atomic mass is 32.2. The Balaban J connectivity index is 1.66. The summed E-state index contributed by atoms with van der Waals surface area (Å²) in [5, 5.41) is 5.72. The molecule has 0 saturated heterocycles. The number of rotatable bonds is 7. The fourth-order valence-corrected chi connectivity index (χ4v) is 2.13. The fourth-order valence-electron chi connectivity index (χ4n) is 1.36. The van der Waals surface area contributed by atoms with Crippen LogP contribution in [0.1, 0.15) is 5.89 Å². The van der Waals surface area contributed by atoms with E-state index in [1.54, 1.807) is 0 Å². The third-order valence-corrected chi connectivity index (χ3v) is 3.30. The van der Waals surface area contributed by atoms with Crippen LogP contribution in [0.4, 0.5) is 8.78 Å². The van der Waals surface area contributed by atoms with Gasteiger partial charge in [-0.05, 0) is 24.3 Å². The Morgan fingerprint density at radius 1 is 1.40 bits per heavy atom. The molecular weight excluding hydrogens is 290 g/mol. The summed E-state index contributed by atoms with van der Waals surface area (Å²) in [5.74, 6) is 0.124. The smallest absolute Gasteiger partial charge is 0.434 e. The van der Waals surface area contributed by atoms with Crippen LogP contribution in [-0.4, -0.2) is 28.7 Å². The van der Waals surface area contributed by atoms with Gasteiger partial charge in [0.05, 0.1) is 5.75 Å². The zero-order chi connectivity index (χ0) is 14.4. The summed E-state index contributed by atoms with van der Waals surface area (Å²) in [6.07, 6.45) is -1.18. The van der Waals surface area contributed by atoms with Crippen LogP contribution in [0.5, 0.6) is 5.75 Å². The number of H-pyrrole nitrogens is 1. The third-order valence-electron chi connectivity index (χ3n) is 2.25. The number of thioether (sulfide) groups is 1. The van der Waals surface area contributed by atoms with E-state index in [0.29, 0.717) is 11.5 Å². The molecular formula is C12H12F2N2O3S. The van der Waals surface area contributed by atoms with Gasteiger partial charge in [-0.15, -0.1) is 16.9 Å². The predicted molar refractivity (Wildman–Crippen MR) is 70.1 cm³/mol. The standard InChI is InChI=1S/C12H12F2N2O3S/c13-8-1-3-10(4-2-8)18-5-9(14)6-20-7-11-15-16-12(17)19-11/h1-4,9H,5-7H2,(H,16,17). The number of ether oxygens (including phenoxy) is 1. The van der Waals surface area contributed by atoms with Crippen molar-refractivity contribution in [1.82, 2.24) is 10.2 Å². The van der Waals surface area contributed by atoms with Crippen LogP contribution in [0.2, 0.25) is 0 Å². The van der Waals surface area contributed by atoms with Gasteiger partial charge in [0.25, 0.3) is 0 Å². The summed E-state index contributed by atoms with van der Waals surface area (Å²) in [6.45, 7) is -0.122. The molecule has 1 aromatic carbocycles. The SMILES string of the molecule is O=c1[nH]nc(CSCC(F)COc2ccc(F)cc2)o1. The van der Waals surface area contributed by atoms with Crippen molar-refractivity contribution in [2.75, 3.05) is 12.4 Å². The van der Waals surface area contributed by atoms with Crippen LogP contribution in [0.3, 0.4) is 0 Å². The van der Waals surface area contributed by atoms with E-state index in [0.717, 1.165) is 0 Å². The lowest BCUT2D eigenvalue weighted by atomic mass is 10.3. The molecule has 0 saturated carbocycles. The third kappa shape index (κ3) is 4.69. The highest BCUT2D eigenvalue weighted by molar-refractivity contribution is 7.98. The molecule has 8 heteroatoms. The zero-order valence-electron chi connectivity index (χ0n) is 10.3. The molecule has 1 N–H and O–H groups in total. The Morgan fingerprint density at radius 2 is 2.15 bits per heavy atom. The highest BCUT2D eigenvalue weighted by Crippen LogP contribution is 2.15. The van der Waals surface area contributed by atoms with Gasteiger partial charge < -0.3 is 9.15 Å². The number of nitrogens with one attached hydrogen (secondary N) is 1. The second-order valence-electron chi connectivity index (χ2n) is 3.88.